The SMILES string of the molecule is CCN(CC)CCCNC(=O)C1CCN(c2ccc3nnc(-c4ccccc4Cl)n3n2)CC1. The van der Waals surface area contributed by atoms with E-state index >= 15 is 0 Å². The second-order valence-corrected chi connectivity index (χ2v) is 8.80. The fourth-order valence-corrected chi connectivity index (χ4v) is 4.55. The highest BCUT2D eigenvalue weighted by Crippen LogP contribution is 2.27. The van der Waals surface area contributed by atoms with E-state index in [0.717, 1.165) is 69.9 Å². The Kier molecular flexibility index (Phi) is 7.77. The summed E-state index contributed by atoms with van der Waals surface area (Å²) in [5, 5.41) is 17.1. The van der Waals surface area contributed by atoms with Crippen molar-refractivity contribution < 1.29 is 4.79 Å². The van der Waals surface area contributed by atoms with Crippen molar-refractivity contribution in [2.24, 2.45) is 5.92 Å². The molecular formula is C24H32ClN7O. The van der Waals surface area contributed by atoms with Crippen LogP contribution in [0, 0.1) is 5.92 Å². The average molecular weight is 470 g/mol. The van der Waals surface area contributed by atoms with E-state index in [-0.39, 0.29) is 11.8 Å². The number of benzene rings is 1. The highest BCUT2D eigenvalue weighted by molar-refractivity contribution is 6.33. The van der Waals surface area contributed by atoms with Gasteiger partial charge in [-0.2, -0.15) is 4.52 Å². The Bertz CT molecular complexity index is 1070. The Morgan fingerprint density at radius 3 is 2.61 bits per heavy atom. The van der Waals surface area contributed by atoms with Crippen molar-refractivity contribution in [3.8, 4) is 11.4 Å². The van der Waals surface area contributed by atoms with Crippen LogP contribution < -0.4 is 10.2 Å². The highest BCUT2D eigenvalue weighted by atomic mass is 35.5. The van der Waals surface area contributed by atoms with E-state index in [0.29, 0.717) is 16.5 Å². The van der Waals surface area contributed by atoms with Crippen LogP contribution in [0.1, 0.15) is 33.1 Å². The van der Waals surface area contributed by atoms with Gasteiger partial charge in [-0.25, -0.2) is 0 Å². The van der Waals surface area contributed by atoms with Gasteiger partial charge in [0.05, 0.1) is 5.02 Å². The van der Waals surface area contributed by atoms with Crippen molar-refractivity contribution in [2.45, 2.75) is 33.1 Å². The number of halogens is 1. The van der Waals surface area contributed by atoms with Gasteiger partial charge in [0.1, 0.15) is 5.82 Å². The lowest BCUT2D eigenvalue weighted by atomic mass is 9.96. The number of nitrogens with one attached hydrogen (secondary N) is 1. The lowest BCUT2D eigenvalue weighted by Gasteiger charge is -2.32. The summed E-state index contributed by atoms with van der Waals surface area (Å²) >= 11 is 6.37. The smallest absolute Gasteiger partial charge is 0.223 e. The molecule has 176 valence electrons. The monoisotopic (exact) mass is 469 g/mol. The van der Waals surface area contributed by atoms with E-state index in [1.807, 2.05) is 36.4 Å². The Balaban J connectivity index is 1.35. The van der Waals surface area contributed by atoms with Crippen LogP contribution in [0.15, 0.2) is 36.4 Å². The van der Waals surface area contributed by atoms with Crippen molar-refractivity contribution in [1.82, 2.24) is 30.0 Å². The molecule has 1 fully saturated rings. The molecule has 1 amide bonds. The van der Waals surface area contributed by atoms with Crippen molar-refractivity contribution in [2.75, 3.05) is 44.2 Å². The first-order valence-corrected chi connectivity index (χ1v) is 12.2. The third-order valence-corrected chi connectivity index (χ3v) is 6.73. The first-order valence-electron chi connectivity index (χ1n) is 11.8. The number of hydrogen-bond donors (Lipinski definition) is 1. The molecule has 0 atom stereocenters. The molecule has 3 heterocycles. The fourth-order valence-electron chi connectivity index (χ4n) is 4.33. The number of piperidine rings is 1. The van der Waals surface area contributed by atoms with Crippen molar-refractivity contribution in [3.05, 3.63) is 41.4 Å². The van der Waals surface area contributed by atoms with E-state index in [1.54, 1.807) is 4.52 Å². The summed E-state index contributed by atoms with van der Waals surface area (Å²) in [4.78, 5) is 17.2. The molecule has 0 unspecified atom stereocenters. The van der Waals surface area contributed by atoms with E-state index in [4.69, 9.17) is 16.7 Å². The Morgan fingerprint density at radius 2 is 1.88 bits per heavy atom. The maximum absolute atomic E-state index is 12.6. The van der Waals surface area contributed by atoms with E-state index in [2.05, 4.69) is 39.2 Å². The first kappa shape index (κ1) is 23.4. The van der Waals surface area contributed by atoms with Gasteiger partial charge < -0.3 is 15.1 Å². The molecule has 1 aliphatic heterocycles. The molecular weight excluding hydrogens is 438 g/mol. The number of rotatable bonds is 9. The van der Waals surface area contributed by atoms with Gasteiger partial charge in [0.15, 0.2) is 11.5 Å². The molecule has 2 aromatic heterocycles. The number of fused-ring (bicyclic) bond motifs is 1. The van der Waals surface area contributed by atoms with Gasteiger partial charge in [0.2, 0.25) is 5.91 Å². The molecule has 9 heteroatoms. The zero-order valence-electron chi connectivity index (χ0n) is 19.4. The second kappa shape index (κ2) is 10.9. The third-order valence-electron chi connectivity index (χ3n) is 6.40. The lowest BCUT2D eigenvalue weighted by molar-refractivity contribution is -0.125. The highest BCUT2D eigenvalue weighted by Gasteiger charge is 2.26. The summed E-state index contributed by atoms with van der Waals surface area (Å²) in [5.74, 6) is 1.72. The van der Waals surface area contributed by atoms with E-state index in [9.17, 15) is 4.79 Å². The summed E-state index contributed by atoms with van der Waals surface area (Å²) < 4.78 is 1.74. The molecule has 3 aromatic rings. The number of anilines is 1. The number of amides is 1. The van der Waals surface area contributed by atoms with Crippen LogP contribution in [0.5, 0.6) is 0 Å². The number of aromatic nitrogens is 4. The summed E-state index contributed by atoms with van der Waals surface area (Å²) in [6.07, 6.45) is 2.63. The molecule has 0 saturated carbocycles. The van der Waals surface area contributed by atoms with Gasteiger partial charge in [-0.1, -0.05) is 37.6 Å². The van der Waals surface area contributed by atoms with Gasteiger partial charge >= 0.3 is 0 Å². The summed E-state index contributed by atoms with van der Waals surface area (Å²) in [6.45, 7) is 9.80. The van der Waals surface area contributed by atoms with E-state index < -0.39 is 0 Å². The van der Waals surface area contributed by atoms with Crippen LogP contribution in [-0.2, 0) is 4.79 Å². The predicted octanol–water partition coefficient (Wildman–Crippen LogP) is 3.51. The van der Waals surface area contributed by atoms with Crippen LogP contribution in [0.3, 0.4) is 0 Å². The minimum absolute atomic E-state index is 0.0621. The van der Waals surface area contributed by atoms with Gasteiger partial charge in [-0.15, -0.1) is 15.3 Å². The number of nitrogens with zero attached hydrogens (tertiary/aromatic N) is 6. The topological polar surface area (TPSA) is 78.7 Å². The maximum Gasteiger partial charge on any atom is 0.223 e. The molecule has 0 aliphatic carbocycles. The van der Waals surface area contributed by atoms with Crippen molar-refractivity contribution in [1.29, 1.82) is 0 Å². The van der Waals surface area contributed by atoms with Gasteiger partial charge in [-0.05, 0) is 63.2 Å². The van der Waals surface area contributed by atoms with Crippen LogP contribution in [0.25, 0.3) is 17.0 Å². The maximum atomic E-state index is 12.6. The summed E-state index contributed by atoms with van der Waals surface area (Å²) in [7, 11) is 0. The lowest BCUT2D eigenvalue weighted by Crippen LogP contribution is -2.41. The normalized spacial score (nSPS) is 14.8. The molecule has 0 radical (unpaired) electrons. The van der Waals surface area contributed by atoms with E-state index in [1.165, 1.54) is 0 Å². The largest absolute Gasteiger partial charge is 0.356 e. The van der Waals surface area contributed by atoms with Crippen molar-refractivity contribution >= 4 is 29.0 Å². The zero-order valence-corrected chi connectivity index (χ0v) is 20.1. The minimum Gasteiger partial charge on any atom is -0.356 e. The van der Waals surface area contributed by atoms with Crippen LogP contribution in [-0.4, -0.2) is 69.9 Å². The Morgan fingerprint density at radius 1 is 1.12 bits per heavy atom. The molecule has 4 rings (SSSR count). The predicted molar refractivity (Wildman–Crippen MR) is 132 cm³/mol. The van der Waals surface area contributed by atoms with Crippen LogP contribution in [0.2, 0.25) is 5.02 Å². The van der Waals surface area contributed by atoms with Crippen molar-refractivity contribution in [3.63, 3.8) is 0 Å². The third kappa shape index (κ3) is 5.45. The Hall–Kier alpha value is -2.71. The fraction of sp³-hybridized carbons (Fsp3) is 0.500. The standard InChI is InChI=1S/C24H32ClN7O/c1-3-30(4-2)15-7-14-26-24(33)18-12-16-31(17-13-18)22-11-10-21-27-28-23(32(21)29-22)19-8-5-6-9-20(19)25/h5-6,8-11,18H,3-4,7,12-17H2,1-2H3,(H,26,33). The Labute approximate surface area is 199 Å². The number of hydrogen-bond acceptors (Lipinski definition) is 6. The molecule has 1 N–H and O–H groups in total. The van der Waals surface area contributed by atoms with Gasteiger partial charge in [-0.3, -0.25) is 4.79 Å². The second-order valence-electron chi connectivity index (χ2n) is 8.40. The number of carbonyl (C=O) groups excluding carboxylic acids is 1. The molecule has 1 aliphatic rings. The molecule has 0 bridgehead atoms. The summed E-state index contributed by atoms with van der Waals surface area (Å²) in [6, 6.07) is 11.4. The van der Waals surface area contributed by atoms with Gasteiger partial charge in [0.25, 0.3) is 0 Å². The minimum atomic E-state index is 0.0621. The molecule has 33 heavy (non-hydrogen) atoms. The average Bonchev–Trinajstić information content (AvgIpc) is 3.27. The number of carbonyl (C=O) groups is 1. The first-order chi connectivity index (χ1) is 16.1. The van der Waals surface area contributed by atoms with Crippen LogP contribution in [0.4, 0.5) is 5.82 Å². The molecule has 0 spiro atoms. The zero-order chi connectivity index (χ0) is 23.2. The molecule has 1 aromatic carbocycles. The van der Waals surface area contributed by atoms with Gasteiger partial charge in [0, 0.05) is 31.1 Å². The van der Waals surface area contributed by atoms with Crippen LogP contribution >= 0.6 is 11.6 Å². The molecule has 1 saturated heterocycles. The molecule has 8 nitrogen and oxygen atoms in total. The summed E-state index contributed by atoms with van der Waals surface area (Å²) in [5.41, 5.74) is 1.47. The quantitative estimate of drug-likeness (QED) is 0.483.